The summed E-state index contributed by atoms with van der Waals surface area (Å²) in [5.41, 5.74) is 0.177. The van der Waals surface area contributed by atoms with Crippen LogP contribution in [0.1, 0.15) is 24.0 Å². The first-order chi connectivity index (χ1) is 14.8. The Morgan fingerprint density at radius 3 is 2.48 bits per heavy atom. The molecule has 0 spiro atoms. The molecule has 2 unspecified atom stereocenters. The van der Waals surface area contributed by atoms with Gasteiger partial charge in [-0.3, -0.25) is 4.99 Å². The van der Waals surface area contributed by atoms with Crippen molar-refractivity contribution < 1.29 is 28.1 Å². The average Bonchev–Trinajstić information content (AvgIpc) is 2.76. The van der Waals surface area contributed by atoms with Gasteiger partial charge in [-0.25, -0.2) is 0 Å². The van der Waals surface area contributed by atoms with Crippen LogP contribution in [0.25, 0.3) is 0 Å². The second-order valence-corrected chi connectivity index (χ2v) is 6.88. The number of aliphatic hydroxyl groups is 2. The number of hydrogen-bond acceptors (Lipinski definition) is 4. The van der Waals surface area contributed by atoms with Crippen molar-refractivity contribution >= 4 is 5.96 Å². The van der Waals surface area contributed by atoms with E-state index in [-0.39, 0.29) is 31.4 Å². The van der Waals surface area contributed by atoms with Gasteiger partial charge in [0.25, 0.3) is 0 Å². The number of aliphatic imine (C=N–C) groups is 1. The van der Waals surface area contributed by atoms with Gasteiger partial charge >= 0.3 is 6.18 Å². The second kappa shape index (κ2) is 12.2. The van der Waals surface area contributed by atoms with Crippen molar-refractivity contribution in [2.45, 2.75) is 25.1 Å². The highest BCUT2D eigenvalue weighted by atomic mass is 19.4. The number of aliphatic hydroxyl groups excluding tert-OH is 2. The van der Waals surface area contributed by atoms with E-state index in [9.17, 15) is 23.4 Å². The second-order valence-electron chi connectivity index (χ2n) is 6.88. The Morgan fingerprint density at radius 2 is 1.84 bits per heavy atom. The smallest absolute Gasteiger partial charge is 0.416 e. The molecule has 0 radical (unpaired) electrons. The number of guanidine groups is 1. The standard InChI is InChI=1S/C22H28F3N3O3/c1-2-26-21(27-12-17(14-29)16-7-4-3-5-8-16)28-13-19(30)15-31-20-10-6-9-18(11-20)22(23,24)25/h3-11,17,19,29-30H,2,12-15H2,1H3,(H2,26,27,28). The van der Waals surface area contributed by atoms with E-state index in [2.05, 4.69) is 15.6 Å². The maximum atomic E-state index is 12.8. The Bertz CT molecular complexity index is 816. The molecule has 4 N–H and O–H groups in total. The summed E-state index contributed by atoms with van der Waals surface area (Å²) >= 11 is 0. The molecule has 170 valence electrons. The fraction of sp³-hybridized carbons (Fsp3) is 0.409. The summed E-state index contributed by atoms with van der Waals surface area (Å²) in [7, 11) is 0. The van der Waals surface area contributed by atoms with E-state index < -0.39 is 17.8 Å². The highest BCUT2D eigenvalue weighted by Crippen LogP contribution is 2.31. The normalized spacial score (nSPS) is 14.1. The minimum atomic E-state index is -4.46. The molecule has 0 aliphatic rings. The molecule has 0 aromatic heterocycles. The molecule has 0 aliphatic carbocycles. The summed E-state index contributed by atoms with van der Waals surface area (Å²) in [6, 6.07) is 14.1. The molecule has 9 heteroatoms. The maximum absolute atomic E-state index is 12.8. The molecule has 2 aromatic rings. The zero-order valence-electron chi connectivity index (χ0n) is 17.3. The zero-order chi connectivity index (χ0) is 22.7. The molecular weight excluding hydrogens is 411 g/mol. The monoisotopic (exact) mass is 439 g/mol. The van der Waals surface area contributed by atoms with Crippen LogP contribution in [0, 0.1) is 0 Å². The van der Waals surface area contributed by atoms with Crippen LogP contribution < -0.4 is 15.4 Å². The SMILES string of the molecule is CCNC(=NCC(O)COc1cccc(C(F)(F)F)c1)NCC(CO)c1ccccc1. The fourth-order valence-corrected chi connectivity index (χ4v) is 2.78. The van der Waals surface area contributed by atoms with Crippen molar-refractivity contribution in [3.8, 4) is 5.75 Å². The number of ether oxygens (including phenoxy) is 1. The molecule has 6 nitrogen and oxygen atoms in total. The van der Waals surface area contributed by atoms with E-state index in [1.54, 1.807) is 0 Å². The lowest BCUT2D eigenvalue weighted by Gasteiger charge is -2.18. The molecule has 2 atom stereocenters. The van der Waals surface area contributed by atoms with Gasteiger partial charge in [-0.15, -0.1) is 0 Å². The van der Waals surface area contributed by atoms with E-state index in [0.717, 1.165) is 17.7 Å². The minimum absolute atomic E-state index is 0.0105. The van der Waals surface area contributed by atoms with Crippen LogP contribution in [0.4, 0.5) is 13.2 Å². The molecule has 2 aromatic carbocycles. The van der Waals surface area contributed by atoms with Crippen LogP contribution in [-0.4, -0.2) is 55.1 Å². The van der Waals surface area contributed by atoms with Crippen molar-refractivity contribution in [3.05, 3.63) is 65.7 Å². The van der Waals surface area contributed by atoms with Crippen LogP contribution in [-0.2, 0) is 6.18 Å². The molecule has 0 saturated heterocycles. The first-order valence-electron chi connectivity index (χ1n) is 9.99. The highest BCUT2D eigenvalue weighted by molar-refractivity contribution is 5.79. The van der Waals surface area contributed by atoms with E-state index in [1.807, 2.05) is 37.3 Å². The Hall–Kier alpha value is -2.78. The summed E-state index contributed by atoms with van der Waals surface area (Å²) in [5, 5.41) is 25.9. The average molecular weight is 439 g/mol. The van der Waals surface area contributed by atoms with E-state index >= 15 is 0 Å². The fourth-order valence-electron chi connectivity index (χ4n) is 2.78. The molecule has 0 fully saturated rings. The van der Waals surface area contributed by atoms with Crippen molar-refractivity contribution in [1.29, 1.82) is 0 Å². The Kier molecular flexibility index (Phi) is 9.61. The molecule has 0 bridgehead atoms. The number of nitrogens with zero attached hydrogens (tertiary/aromatic N) is 1. The first-order valence-corrected chi connectivity index (χ1v) is 9.99. The van der Waals surface area contributed by atoms with Crippen LogP contribution in [0.2, 0.25) is 0 Å². The summed E-state index contributed by atoms with van der Waals surface area (Å²) < 4.78 is 43.6. The largest absolute Gasteiger partial charge is 0.491 e. The third-order valence-electron chi connectivity index (χ3n) is 4.42. The quantitative estimate of drug-likeness (QED) is 0.338. The number of hydrogen-bond donors (Lipinski definition) is 4. The van der Waals surface area contributed by atoms with Gasteiger partial charge in [0, 0.05) is 19.0 Å². The van der Waals surface area contributed by atoms with Gasteiger partial charge in [0.1, 0.15) is 18.5 Å². The molecular formula is C22H28F3N3O3. The van der Waals surface area contributed by atoms with Gasteiger partial charge < -0.3 is 25.6 Å². The number of halogens is 3. The predicted octanol–water partition coefficient (Wildman–Crippen LogP) is 2.78. The van der Waals surface area contributed by atoms with E-state index in [1.165, 1.54) is 12.1 Å². The number of benzene rings is 2. The van der Waals surface area contributed by atoms with Gasteiger partial charge in [-0.2, -0.15) is 13.2 Å². The summed E-state index contributed by atoms with van der Waals surface area (Å²) in [4.78, 5) is 4.29. The van der Waals surface area contributed by atoms with Gasteiger partial charge in [-0.05, 0) is 30.7 Å². The number of nitrogens with one attached hydrogen (secondary N) is 2. The summed E-state index contributed by atoms with van der Waals surface area (Å²) in [6.45, 7) is 2.67. The molecule has 2 rings (SSSR count). The maximum Gasteiger partial charge on any atom is 0.416 e. The molecule has 0 amide bonds. The van der Waals surface area contributed by atoms with Crippen LogP contribution >= 0.6 is 0 Å². The Morgan fingerprint density at radius 1 is 1.10 bits per heavy atom. The first kappa shape index (κ1) is 24.5. The van der Waals surface area contributed by atoms with Crippen LogP contribution in [0.3, 0.4) is 0 Å². The van der Waals surface area contributed by atoms with E-state index in [4.69, 9.17) is 4.74 Å². The Balaban J connectivity index is 1.88. The van der Waals surface area contributed by atoms with Crippen molar-refractivity contribution in [3.63, 3.8) is 0 Å². The topological polar surface area (TPSA) is 86.1 Å². The third kappa shape index (κ3) is 8.47. The minimum Gasteiger partial charge on any atom is -0.491 e. The van der Waals surface area contributed by atoms with Gasteiger partial charge in [0.15, 0.2) is 5.96 Å². The molecule has 0 heterocycles. The zero-order valence-corrected chi connectivity index (χ0v) is 17.3. The lowest BCUT2D eigenvalue weighted by molar-refractivity contribution is -0.137. The Labute approximate surface area is 179 Å². The predicted molar refractivity (Wildman–Crippen MR) is 113 cm³/mol. The van der Waals surface area contributed by atoms with Gasteiger partial charge in [0.2, 0.25) is 0 Å². The summed E-state index contributed by atoms with van der Waals surface area (Å²) in [5.74, 6) is 0.353. The number of rotatable bonds is 10. The molecule has 31 heavy (non-hydrogen) atoms. The number of alkyl halides is 3. The van der Waals surface area contributed by atoms with Crippen LogP contribution in [0.5, 0.6) is 5.75 Å². The van der Waals surface area contributed by atoms with E-state index in [0.29, 0.717) is 19.0 Å². The third-order valence-corrected chi connectivity index (χ3v) is 4.42. The highest BCUT2D eigenvalue weighted by Gasteiger charge is 2.30. The van der Waals surface area contributed by atoms with Gasteiger partial charge in [0.05, 0.1) is 18.7 Å². The summed E-state index contributed by atoms with van der Waals surface area (Å²) in [6.07, 6.45) is -5.46. The van der Waals surface area contributed by atoms with Crippen molar-refractivity contribution in [2.75, 3.05) is 32.8 Å². The molecule has 0 saturated carbocycles. The molecule has 0 aliphatic heterocycles. The van der Waals surface area contributed by atoms with Gasteiger partial charge in [-0.1, -0.05) is 36.4 Å². The van der Waals surface area contributed by atoms with Crippen molar-refractivity contribution in [1.82, 2.24) is 10.6 Å². The van der Waals surface area contributed by atoms with Crippen molar-refractivity contribution in [2.24, 2.45) is 4.99 Å². The lowest BCUT2D eigenvalue weighted by Crippen LogP contribution is -2.40. The van der Waals surface area contributed by atoms with Crippen LogP contribution in [0.15, 0.2) is 59.6 Å². The lowest BCUT2D eigenvalue weighted by atomic mass is 10.0.